The number of pyridine rings is 1. The van der Waals surface area contributed by atoms with E-state index in [4.69, 9.17) is 0 Å². The van der Waals surface area contributed by atoms with Gasteiger partial charge in [0.1, 0.15) is 0 Å². The summed E-state index contributed by atoms with van der Waals surface area (Å²) in [5, 5.41) is 3.31. The fourth-order valence-electron chi connectivity index (χ4n) is 4.38. The summed E-state index contributed by atoms with van der Waals surface area (Å²) < 4.78 is 1.01. The van der Waals surface area contributed by atoms with Crippen LogP contribution in [-0.4, -0.2) is 41.0 Å². The van der Waals surface area contributed by atoms with E-state index in [1.807, 2.05) is 48.8 Å². The first kappa shape index (κ1) is 18.4. The largest absolute Gasteiger partial charge is 0.348 e. The molecule has 0 radical (unpaired) electrons. The summed E-state index contributed by atoms with van der Waals surface area (Å²) >= 11 is 3.47. The highest BCUT2D eigenvalue weighted by Gasteiger charge is 2.42. The Morgan fingerprint density at radius 3 is 2.85 bits per heavy atom. The van der Waals surface area contributed by atoms with Gasteiger partial charge in [-0.3, -0.25) is 14.7 Å². The molecule has 0 spiro atoms. The number of piperidine rings is 3. The SMILES string of the molecule is O=C(C=Cc1cccc(Br)c1)NC1C2CCN(CC2)C1Cc1cccnc1. The van der Waals surface area contributed by atoms with Gasteiger partial charge in [0.15, 0.2) is 0 Å². The number of carbonyl (C=O) groups is 1. The van der Waals surface area contributed by atoms with E-state index in [9.17, 15) is 4.79 Å². The van der Waals surface area contributed by atoms with Crippen LogP contribution in [0.3, 0.4) is 0 Å². The van der Waals surface area contributed by atoms with Crippen LogP contribution in [0.1, 0.15) is 24.0 Å². The molecule has 4 nitrogen and oxygen atoms in total. The van der Waals surface area contributed by atoms with Gasteiger partial charge in [0, 0.05) is 35.0 Å². The minimum absolute atomic E-state index is 0.00934. The van der Waals surface area contributed by atoms with Crippen LogP contribution < -0.4 is 5.32 Å². The topological polar surface area (TPSA) is 45.2 Å². The van der Waals surface area contributed by atoms with Crippen LogP contribution in [0.15, 0.2) is 59.3 Å². The Morgan fingerprint density at radius 1 is 1.26 bits per heavy atom. The second-order valence-corrected chi connectivity index (χ2v) is 8.34. The van der Waals surface area contributed by atoms with Crippen LogP contribution in [0.25, 0.3) is 6.08 Å². The van der Waals surface area contributed by atoms with Crippen LogP contribution in [0.4, 0.5) is 0 Å². The first-order valence-electron chi connectivity index (χ1n) is 9.56. The summed E-state index contributed by atoms with van der Waals surface area (Å²) in [6, 6.07) is 12.6. The van der Waals surface area contributed by atoms with Crippen molar-refractivity contribution in [2.75, 3.05) is 13.1 Å². The van der Waals surface area contributed by atoms with Gasteiger partial charge in [-0.15, -0.1) is 0 Å². The highest BCUT2D eigenvalue weighted by atomic mass is 79.9. The number of amides is 1. The highest BCUT2D eigenvalue weighted by molar-refractivity contribution is 9.10. The molecule has 4 heterocycles. The zero-order valence-electron chi connectivity index (χ0n) is 15.2. The third-order valence-electron chi connectivity index (χ3n) is 5.72. The van der Waals surface area contributed by atoms with E-state index >= 15 is 0 Å². The van der Waals surface area contributed by atoms with Gasteiger partial charge < -0.3 is 5.32 Å². The molecule has 0 saturated carbocycles. The van der Waals surface area contributed by atoms with Crippen molar-refractivity contribution in [1.82, 2.24) is 15.2 Å². The molecular weight excluding hydrogens is 402 g/mol. The lowest BCUT2D eigenvalue weighted by Crippen LogP contribution is -2.64. The van der Waals surface area contributed by atoms with Gasteiger partial charge in [-0.25, -0.2) is 0 Å². The van der Waals surface area contributed by atoms with E-state index in [1.165, 1.54) is 18.4 Å². The standard InChI is InChI=1S/C22H24BrN3O/c23-19-5-1-3-16(13-19)6-7-21(27)25-22-18-8-11-26(12-9-18)20(22)14-17-4-2-10-24-15-17/h1-7,10,13,15,18,20,22H,8-9,11-12,14H2,(H,25,27). The summed E-state index contributed by atoms with van der Waals surface area (Å²) in [6.07, 6.45) is 10.6. The lowest BCUT2D eigenvalue weighted by Gasteiger charge is -2.51. The lowest BCUT2D eigenvalue weighted by molar-refractivity contribution is -0.119. The lowest BCUT2D eigenvalue weighted by atomic mass is 9.77. The number of aromatic nitrogens is 1. The molecule has 3 aliphatic heterocycles. The Morgan fingerprint density at radius 2 is 2.11 bits per heavy atom. The van der Waals surface area contributed by atoms with Crippen LogP contribution in [0.2, 0.25) is 0 Å². The average Bonchev–Trinajstić information content (AvgIpc) is 2.70. The van der Waals surface area contributed by atoms with Crippen LogP contribution in [-0.2, 0) is 11.2 Å². The Hall–Kier alpha value is -1.98. The summed E-state index contributed by atoms with van der Waals surface area (Å²) in [5.41, 5.74) is 2.25. The van der Waals surface area contributed by atoms with E-state index in [2.05, 4.69) is 37.2 Å². The second kappa shape index (κ2) is 8.36. The number of hydrogen-bond acceptors (Lipinski definition) is 3. The van der Waals surface area contributed by atoms with Gasteiger partial charge in [-0.1, -0.05) is 34.1 Å². The second-order valence-electron chi connectivity index (χ2n) is 7.43. The Kier molecular flexibility index (Phi) is 5.69. The van der Waals surface area contributed by atoms with E-state index in [1.54, 1.807) is 6.08 Å². The van der Waals surface area contributed by atoms with Crippen molar-refractivity contribution >= 4 is 27.9 Å². The van der Waals surface area contributed by atoms with Gasteiger partial charge in [0.2, 0.25) is 5.91 Å². The van der Waals surface area contributed by atoms with E-state index in [0.29, 0.717) is 12.0 Å². The van der Waals surface area contributed by atoms with E-state index in [-0.39, 0.29) is 11.9 Å². The fourth-order valence-corrected chi connectivity index (χ4v) is 4.79. The number of benzene rings is 1. The van der Waals surface area contributed by atoms with Gasteiger partial charge >= 0.3 is 0 Å². The van der Waals surface area contributed by atoms with Gasteiger partial charge in [-0.05, 0) is 73.7 Å². The summed E-state index contributed by atoms with van der Waals surface area (Å²) in [5.74, 6) is 0.560. The molecule has 2 unspecified atom stereocenters. The van der Waals surface area contributed by atoms with Crippen LogP contribution in [0, 0.1) is 5.92 Å². The normalized spacial score (nSPS) is 27.0. The molecule has 2 bridgehead atoms. The maximum atomic E-state index is 12.6. The van der Waals surface area contributed by atoms with E-state index in [0.717, 1.165) is 29.5 Å². The first-order valence-corrected chi connectivity index (χ1v) is 10.4. The molecule has 1 N–H and O–H groups in total. The molecular formula is C22H24BrN3O. The molecule has 3 aliphatic rings. The smallest absolute Gasteiger partial charge is 0.244 e. The van der Waals surface area contributed by atoms with Crippen molar-refractivity contribution in [3.8, 4) is 0 Å². The zero-order valence-corrected chi connectivity index (χ0v) is 16.8. The molecule has 0 aliphatic carbocycles. The van der Waals surface area contributed by atoms with Crippen molar-refractivity contribution < 1.29 is 4.79 Å². The van der Waals surface area contributed by atoms with Crippen molar-refractivity contribution in [3.63, 3.8) is 0 Å². The van der Waals surface area contributed by atoms with Crippen LogP contribution in [0.5, 0.6) is 0 Å². The Bertz CT molecular complexity index is 815. The number of nitrogens with one attached hydrogen (secondary N) is 1. The molecule has 3 fully saturated rings. The fraction of sp³-hybridized carbons (Fsp3) is 0.364. The molecule has 1 aromatic heterocycles. The average molecular weight is 426 g/mol. The molecule has 1 aromatic carbocycles. The molecule has 27 heavy (non-hydrogen) atoms. The predicted molar refractivity (Wildman–Crippen MR) is 111 cm³/mol. The molecule has 3 saturated heterocycles. The monoisotopic (exact) mass is 425 g/mol. The number of fused-ring (bicyclic) bond motifs is 3. The summed E-state index contributed by atoms with van der Waals surface area (Å²) in [4.78, 5) is 19.4. The van der Waals surface area contributed by atoms with Crippen molar-refractivity contribution in [2.24, 2.45) is 5.92 Å². The molecule has 5 heteroatoms. The number of carbonyl (C=O) groups excluding carboxylic acids is 1. The molecule has 2 atom stereocenters. The molecule has 2 aromatic rings. The first-order chi connectivity index (χ1) is 13.2. The molecule has 140 valence electrons. The van der Waals surface area contributed by atoms with Gasteiger partial charge in [-0.2, -0.15) is 0 Å². The third-order valence-corrected chi connectivity index (χ3v) is 6.21. The number of halogens is 1. The maximum Gasteiger partial charge on any atom is 0.244 e. The number of nitrogens with zero attached hydrogens (tertiary/aromatic N) is 2. The van der Waals surface area contributed by atoms with Crippen molar-refractivity contribution in [3.05, 3.63) is 70.5 Å². The predicted octanol–water partition coefficient (Wildman–Crippen LogP) is 3.68. The minimum Gasteiger partial charge on any atom is -0.348 e. The minimum atomic E-state index is -0.00934. The van der Waals surface area contributed by atoms with Crippen LogP contribution >= 0.6 is 15.9 Å². The Labute approximate surface area is 168 Å². The Balaban J connectivity index is 1.45. The van der Waals surface area contributed by atoms with Crippen molar-refractivity contribution in [1.29, 1.82) is 0 Å². The van der Waals surface area contributed by atoms with E-state index < -0.39 is 0 Å². The maximum absolute atomic E-state index is 12.6. The molecule has 5 rings (SSSR count). The highest BCUT2D eigenvalue weighted by Crippen LogP contribution is 2.34. The number of rotatable bonds is 5. The van der Waals surface area contributed by atoms with Crippen molar-refractivity contribution in [2.45, 2.75) is 31.3 Å². The third kappa shape index (κ3) is 4.47. The van der Waals surface area contributed by atoms with Gasteiger partial charge in [0.25, 0.3) is 0 Å². The zero-order chi connectivity index (χ0) is 18.6. The summed E-state index contributed by atoms with van der Waals surface area (Å²) in [7, 11) is 0. The molecule has 1 amide bonds. The number of hydrogen-bond donors (Lipinski definition) is 1. The summed E-state index contributed by atoms with van der Waals surface area (Å²) in [6.45, 7) is 2.27. The van der Waals surface area contributed by atoms with Gasteiger partial charge in [0.05, 0.1) is 0 Å². The quantitative estimate of drug-likeness (QED) is 0.743.